The Morgan fingerprint density at radius 3 is 2.48 bits per heavy atom. The van der Waals surface area contributed by atoms with Crippen LogP contribution in [0.3, 0.4) is 0 Å². The molecule has 0 fully saturated rings. The van der Waals surface area contributed by atoms with Gasteiger partial charge in [0, 0.05) is 10.6 Å². The summed E-state index contributed by atoms with van der Waals surface area (Å²) in [6, 6.07) is 12.7. The molecule has 0 heterocycles. The fourth-order valence-corrected chi connectivity index (χ4v) is 2.45. The van der Waals surface area contributed by atoms with E-state index in [-0.39, 0.29) is 13.0 Å². The maximum atomic E-state index is 12.2. The zero-order chi connectivity index (χ0) is 18.2. The van der Waals surface area contributed by atoms with E-state index in [9.17, 15) is 9.59 Å². The van der Waals surface area contributed by atoms with Crippen LogP contribution in [-0.4, -0.2) is 19.1 Å². The number of rotatable bonds is 7. The number of para-hydroxylation sites is 1. The Morgan fingerprint density at radius 1 is 1.16 bits per heavy atom. The lowest BCUT2D eigenvalue weighted by Gasteiger charge is -2.17. The number of urea groups is 1. The third kappa shape index (κ3) is 5.69. The molecule has 2 aromatic carbocycles. The molecule has 6 nitrogen and oxygen atoms in total. The summed E-state index contributed by atoms with van der Waals surface area (Å²) in [5.74, 6) is 0.166. The Morgan fingerprint density at radius 2 is 1.84 bits per heavy atom. The Balaban J connectivity index is 2.01. The number of nitrogens with one attached hydrogen (secondary N) is 1. The molecule has 0 saturated carbocycles. The van der Waals surface area contributed by atoms with Crippen LogP contribution in [0.25, 0.3) is 0 Å². The van der Waals surface area contributed by atoms with Gasteiger partial charge >= 0.3 is 12.0 Å². The molecule has 7 heteroatoms. The average Bonchev–Trinajstić information content (AvgIpc) is 2.60. The molecular weight excluding hydrogens is 344 g/mol. The molecule has 2 amide bonds. The normalized spacial score (nSPS) is 11.4. The number of amides is 2. The first-order valence-electron chi connectivity index (χ1n) is 7.58. The Bertz CT molecular complexity index is 734. The zero-order valence-corrected chi connectivity index (χ0v) is 14.5. The van der Waals surface area contributed by atoms with Gasteiger partial charge in [0.25, 0.3) is 0 Å². The maximum absolute atomic E-state index is 12.2. The van der Waals surface area contributed by atoms with E-state index in [0.29, 0.717) is 16.3 Å². The first-order valence-corrected chi connectivity index (χ1v) is 7.96. The number of ether oxygens (including phenoxy) is 2. The van der Waals surface area contributed by atoms with Crippen molar-refractivity contribution in [2.24, 2.45) is 5.73 Å². The molecule has 0 radical (unpaired) electrons. The van der Waals surface area contributed by atoms with E-state index in [1.54, 1.807) is 37.4 Å². The fraction of sp³-hybridized carbons (Fsp3) is 0.222. The predicted octanol–water partition coefficient (Wildman–Crippen LogP) is 3.19. The number of esters is 1. The third-order valence-electron chi connectivity index (χ3n) is 3.54. The molecule has 0 bridgehead atoms. The standard InChI is InChI=1S/C18H19ClN2O4/c1-24-16-5-3-2-4-13(16)11-25-17(22)10-15(21-18(20)23)12-6-8-14(19)9-7-12/h2-9,15H,10-11H2,1H3,(H3,20,21,23)/t15-/m0/s1. The van der Waals surface area contributed by atoms with Crippen molar-refractivity contribution in [3.63, 3.8) is 0 Å². The van der Waals surface area contributed by atoms with Crippen molar-refractivity contribution in [3.8, 4) is 5.75 Å². The zero-order valence-electron chi connectivity index (χ0n) is 13.7. The molecule has 1 atom stereocenters. The van der Waals surface area contributed by atoms with Crippen LogP contribution in [0.5, 0.6) is 5.75 Å². The first-order chi connectivity index (χ1) is 12.0. The van der Waals surface area contributed by atoms with Crippen LogP contribution in [-0.2, 0) is 16.1 Å². The van der Waals surface area contributed by atoms with E-state index in [2.05, 4.69) is 5.32 Å². The van der Waals surface area contributed by atoms with Gasteiger partial charge in [0.05, 0.1) is 19.6 Å². The molecule has 0 spiro atoms. The highest BCUT2D eigenvalue weighted by Gasteiger charge is 2.19. The summed E-state index contributed by atoms with van der Waals surface area (Å²) in [6.45, 7) is 0.0761. The van der Waals surface area contributed by atoms with E-state index in [1.165, 1.54) is 0 Å². The van der Waals surface area contributed by atoms with Gasteiger partial charge in [-0.05, 0) is 23.8 Å². The molecule has 3 N–H and O–H groups in total. The molecule has 0 aliphatic rings. The summed E-state index contributed by atoms with van der Waals surface area (Å²) in [5, 5.41) is 3.09. The predicted molar refractivity (Wildman–Crippen MR) is 94.3 cm³/mol. The number of hydrogen-bond acceptors (Lipinski definition) is 4. The number of primary amides is 1. The summed E-state index contributed by atoms with van der Waals surface area (Å²) in [7, 11) is 1.55. The highest BCUT2D eigenvalue weighted by Crippen LogP contribution is 2.22. The molecule has 2 rings (SSSR count). The Hall–Kier alpha value is -2.73. The number of nitrogens with two attached hydrogens (primary N) is 1. The minimum Gasteiger partial charge on any atom is -0.496 e. The lowest BCUT2D eigenvalue weighted by Crippen LogP contribution is -2.34. The minimum absolute atomic E-state index is 0.0558. The van der Waals surface area contributed by atoms with Crippen molar-refractivity contribution in [1.29, 1.82) is 0 Å². The Labute approximate surface area is 150 Å². The quantitative estimate of drug-likeness (QED) is 0.740. The van der Waals surface area contributed by atoms with Crippen LogP contribution < -0.4 is 15.8 Å². The van der Waals surface area contributed by atoms with Crippen molar-refractivity contribution < 1.29 is 19.1 Å². The van der Waals surface area contributed by atoms with Gasteiger partial charge in [-0.3, -0.25) is 4.79 Å². The van der Waals surface area contributed by atoms with E-state index in [4.69, 9.17) is 26.8 Å². The monoisotopic (exact) mass is 362 g/mol. The van der Waals surface area contributed by atoms with Crippen molar-refractivity contribution in [2.75, 3.05) is 7.11 Å². The second-order valence-corrected chi connectivity index (χ2v) is 5.73. The summed E-state index contributed by atoms with van der Waals surface area (Å²) in [6.07, 6.45) is -0.0558. The van der Waals surface area contributed by atoms with E-state index >= 15 is 0 Å². The summed E-state index contributed by atoms with van der Waals surface area (Å²) >= 11 is 5.86. The van der Waals surface area contributed by atoms with Crippen LogP contribution in [0.2, 0.25) is 5.02 Å². The third-order valence-corrected chi connectivity index (χ3v) is 3.79. The highest BCUT2D eigenvalue weighted by molar-refractivity contribution is 6.30. The largest absolute Gasteiger partial charge is 0.496 e. The molecule has 132 valence electrons. The molecule has 0 aromatic heterocycles. The Kier molecular flexibility index (Phi) is 6.65. The molecular formula is C18H19ClN2O4. The van der Waals surface area contributed by atoms with Gasteiger partial charge in [-0.15, -0.1) is 0 Å². The van der Waals surface area contributed by atoms with Crippen LogP contribution in [0.1, 0.15) is 23.6 Å². The number of benzene rings is 2. The smallest absolute Gasteiger partial charge is 0.312 e. The van der Waals surface area contributed by atoms with Crippen molar-refractivity contribution >= 4 is 23.6 Å². The average molecular weight is 363 g/mol. The van der Waals surface area contributed by atoms with E-state index < -0.39 is 18.0 Å². The van der Waals surface area contributed by atoms with Gasteiger partial charge in [0.1, 0.15) is 12.4 Å². The molecule has 0 unspecified atom stereocenters. The van der Waals surface area contributed by atoms with Crippen molar-refractivity contribution in [3.05, 3.63) is 64.7 Å². The van der Waals surface area contributed by atoms with Crippen LogP contribution >= 0.6 is 11.6 Å². The second-order valence-electron chi connectivity index (χ2n) is 5.29. The van der Waals surface area contributed by atoms with E-state index in [1.807, 2.05) is 18.2 Å². The fourth-order valence-electron chi connectivity index (χ4n) is 2.33. The molecule has 25 heavy (non-hydrogen) atoms. The summed E-state index contributed by atoms with van der Waals surface area (Å²) in [5.41, 5.74) is 6.65. The van der Waals surface area contributed by atoms with Crippen LogP contribution in [0.4, 0.5) is 4.79 Å². The lowest BCUT2D eigenvalue weighted by molar-refractivity contribution is -0.145. The van der Waals surface area contributed by atoms with Gasteiger partial charge in [-0.2, -0.15) is 0 Å². The van der Waals surface area contributed by atoms with Crippen molar-refractivity contribution in [2.45, 2.75) is 19.1 Å². The minimum atomic E-state index is -0.725. The number of halogens is 1. The van der Waals surface area contributed by atoms with Gasteiger partial charge in [-0.1, -0.05) is 41.9 Å². The summed E-state index contributed by atoms with van der Waals surface area (Å²) < 4.78 is 10.5. The molecule has 0 saturated heterocycles. The van der Waals surface area contributed by atoms with Crippen LogP contribution in [0, 0.1) is 0 Å². The maximum Gasteiger partial charge on any atom is 0.312 e. The topological polar surface area (TPSA) is 90.7 Å². The van der Waals surface area contributed by atoms with Gasteiger partial charge in [0.15, 0.2) is 0 Å². The first kappa shape index (κ1) is 18.6. The van der Waals surface area contributed by atoms with Crippen molar-refractivity contribution in [1.82, 2.24) is 5.32 Å². The lowest BCUT2D eigenvalue weighted by atomic mass is 10.0. The molecule has 0 aliphatic heterocycles. The number of carbonyl (C=O) groups is 2. The summed E-state index contributed by atoms with van der Waals surface area (Å²) in [4.78, 5) is 23.4. The number of methoxy groups -OCH3 is 1. The second kappa shape index (κ2) is 8.94. The number of carbonyl (C=O) groups excluding carboxylic acids is 2. The molecule has 2 aromatic rings. The molecule has 0 aliphatic carbocycles. The SMILES string of the molecule is COc1ccccc1COC(=O)C[C@H](NC(N)=O)c1ccc(Cl)cc1. The van der Waals surface area contributed by atoms with Gasteiger partial charge < -0.3 is 20.5 Å². The van der Waals surface area contributed by atoms with Crippen LogP contribution in [0.15, 0.2) is 48.5 Å². The van der Waals surface area contributed by atoms with Gasteiger partial charge in [0.2, 0.25) is 0 Å². The van der Waals surface area contributed by atoms with Gasteiger partial charge in [-0.25, -0.2) is 4.79 Å². The van der Waals surface area contributed by atoms with E-state index in [0.717, 1.165) is 5.56 Å². The highest BCUT2D eigenvalue weighted by atomic mass is 35.5. The number of hydrogen-bond donors (Lipinski definition) is 2.